The summed E-state index contributed by atoms with van der Waals surface area (Å²) >= 11 is 0. The summed E-state index contributed by atoms with van der Waals surface area (Å²) < 4.78 is 5.26. The minimum atomic E-state index is -0.442. The lowest BCUT2D eigenvalue weighted by Gasteiger charge is -2.12. The molecule has 0 aliphatic carbocycles. The summed E-state index contributed by atoms with van der Waals surface area (Å²) in [5, 5.41) is 7.06. The number of ether oxygens (including phenoxy) is 1. The third kappa shape index (κ3) is 1.77. The predicted octanol–water partition coefficient (Wildman–Crippen LogP) is 4.68. The number of benzene rings is 4. The first kappa shape index (κ1) is 11.9. The summed E-state index contributed by atoms with van der Waals surface area (Å²) in [6, 6.07) is 18.4. The molecule has 100 valence electrons. The van der Waals surface area contributed by atoms with Crippen molar-refractivity contribution >= 4 is 38.3 Å². The van der Waals surface area contributed by atoms with Crippen LogP contribution in [0.2, 0.25) is 0 Å². The fraction of sp³-hybridized carbons (Fsp3) is 0. The molecule has 0 aromatic heterocycles. The fourth-order valence-electron chi connectivity index (χ4n) is 2.94. The molecular weight excluding hydrogens is 260 g/mol. The van der Waals surface area contributed by atoms with Crippen molar-refractivity contribution in [3.05, 3.63) is 67.3 Å². The van der Waals surface area contributed by atoms with Crippen molar-refractivity contribution < 1.29 is 9.53 Å². The van der Waals surface area contributed by atoms with Crippen LogP contribution in [0.3, 0.4) is 0 Å². The largest absolute Gasteiger partial charge is 0.423 e. The SMILES string of the molecule is C=CC(=O)Oc1cc2ccc3cccc4ccc(c1)c2c34. The van der Waals surface area contributed by atoms with E-state index in [0.717, 1.165) is 10.8 Å². The van der Waals surface area contributed by atoms with Crippen LogP contribution in [0.5, 0.6) is 5.75 Å². The lowest BCUT2D eigenvalue weighted by atomic mass is 9.94. The van der Waals surface area contributed by atoms with Gasteiger partial charge >= 0.3 is 5.97 Å². The molecule has 0 spiro atoms. The first-order chi connectivity index (χ1) is 10.3. The van der Waals surface area contributed by atoms with Crippen LogP contribution < -0.4 is 4.74 Å². The van der Waals surface area contributed by atoms with Gasteiger partial charge in [0.05, 0.1) is 0 Å². The van der Waals surface area contributed by atoms with Crippen molar-refractivity contribution in [3.63, 3.8) is 0 Å². The first-order valence-electron chi connectivity index (χ1n) is 6.78. The predicted molar refractivity (Wildman–Crippen MR) is 86.0 cm³/mol. The van der Waals surface area contributed by atoms with Gasteiger partial charge in [-0.25, -0.2) is 4.79 Å². The topological polar surface area (TPSA) is 26.3 Å². The average Bonchev–Trinajstić information content (AvgIpc) is 2.52. The Kier molecular flexibility index (Phi) is 2.45. The van der Waals surface area contributed by atoms with Gasteiger partial charge in [-0.1, -0.05) is 49.0 Å². The highest BCUT2D eigenvalue weighted by Gasteiger charge is 2.10. The van der Waals surface area contributed by atoms with E-state index in [2.05, 4.69) is 49.0 Å². The molecule has 4 aromatic rings. The molecule has 2 nitrogen and oxygen atoms in total. The number of hydrogen-bond acceptors (Lipinski definition) is 2. The van der Waals surface area contributed by atoms with Gasteiger partial charge in [-0.3, -0.25) is 0 Å². The maximum Gasteiger partial charge on any atom is 0.335 e. The van der Waals surface area contributed by atoms with Gasteiger partial charge in [-0.15, -0.1) is 0 Å². The zero-order valence-electron chi connectivity index (χ0n) is 11.3. The summed E-state index contributed by atoms with van der Waals surface area (Å²) in [5.41, 5.74) is 0. The van der Waals surface area contributed by atoms with E-state index < -0.39 is 5.97 Å². The highest BCUT2D eigenvalue weighted by molar-refractivity contribution is 6.23. The minimum Gasteiger partial charge on any atom is -0.423 e. The van der Waals surface area contributed by atoms with E-state index in [-0.39, 0.29) is 0 Å². The number of rotatable bonds is 2. The summed E-state index contributed by atoms with van der Waals surface area (Å²) in [5.74, 6) is 0.105. The number of carbonyl (C=O) groups excluding carboxylic acids is 1. The van der Waals surface area contributed by atoms with E-state index in [1.807, 2.05) is 12.1 Å². The Morgan fingerprint density at radius 1 is 0.857 bits per heavy atom. The standard InChI is InChI=1S/C19H12O2/c1-2-17(20)21-16-10-14-8-6-12-4-3-5-13-7-9-15(11-16)19(14)18(12)13/h2-11H,1H2. The molecule has 21 heavy (non-hydrogen) atoms. The Morgan fingerprint density at radius 2 is 1.38 bits per heavy atom. The summed E-state index contributed by atoms with van der Waals surface area (Å²) in [7, 11) is 0. The first-order valence-corrected chi connectivity index (χ1v) is 6.78. The van der Waals surface area contributed by atoms with Crippen molar-refractivity contribution in [2.24, 2.45) is 0 Å². The zero-order valence-corrected chi connectivity index (χ0v) is 11.3. The van der Waals surface area contributed by atoms with Gasteiger partial charge in [0.25, 0.3) is 0 Å². The lowest BCUT2D eigenvalue weighted by Crippen LogP contribution is -2.02. The molecule has 0 unspecified atom stereocenters. The zero-order chi connectivity index (χ0) is 14.4. The highest BCUT2D eigenvalue weighted by atomic mass is 16.5. The Morgan fingerprint density at radius 3 is 1.95 bits per heavy atom. The van der Waals surface area contributed by atoms with Gasteiger partial charge in [0, 0.05) is 6.08 Å². The quantitative estimate of drug-likeness (QED) is 0.229. The van der Waals surface area contributed by atoms with Crippen molar-refractivity contribution in [1.82, 2.24) is 0 Å². The van der Waals surface area contributed by atoms with Gasteiger partial charge < -0.3 is 4.74 Å². The van der Waals surface area contributed by atoms with Crippen LogP contribution in [0.1, 0.15) is 0 Å². The molecule has 0 aliphatic rings. The normalized spacial score (nSPS) is 11.2. The van der Waals surface area contributed by atoms with E-state index >= 15 is 0 Å². The van der Waals surface area contributed by atoms with Gasteiger partial charge in [0.15, 0.2) is 0 Å². The molecule has 0 N–H and O–H groups in total. The van der Waals surface area contributed by atoms with Crippen molar-refractivity contribution in [1.29, 1.82) is 0 Å². The van der Waals surface area contributed by atoms with Crippen LogP contribution in [0.25, 0.3) is 32.3 Å². The molecule has 0 radical (unpaired) electrons. The second kappa shape index (κ2) is 4.32. The molecule has 0 saturated carbocycles. The molecule has 2 heteroatoms. The van der Waals surface area contributed by atoms with Crippen LogP contribution in [0.15, 0.2) is 67.3 Å². The van der Waals surface area contributed by atoms with Gasteiger partial charge in [-0.2, -0.15) is 0 Å². The van der Waals surface area contributed by atoms with E-state index in [1.165, 1.54) is 27.6 Å². The molecule has 0 bridgehead atoms. The van der Waals surface area contributed by atoms with Crippen molar-refractivity contribution in [2.45, 2.75) is 0 Å². The Labute approximate surface area is 121 Å². The van der Waals surface area contributed by atoms with Gasteiger partial charge in [0.1, 0.15) is 5.75 Å². The van der Waals surface area contributed by atoms with Crippen molar-refractivity contribution in [3.8, 4) is 5.75 Å². The number of carbonyl (C=O) groups is 1. The summed E-state index contributed by atoms with van der Waals surface area (Å²) in [6.45, 7) is 3.42. The van der Waals surface area contributed by atoms with Crippen LogP contribution in [0.4, 0.5) is 0 Å². The van der Waals surface area contributed by atoms with Crippen molar-refractivity contribution in [2.75, 3.05) is 0 Å². The third-order valence-electron chi connectivity index (χ3n) is 3.82. The molecule has 0 heterocycles. The van der Waals surface area contributed by atoms with Gasteiger partial charge in [0.2, 0.25) is 0 Å². The number of esters is 1. The molecule has 4 rings (SSSR count). The third-order valence-corrected chi connectivity index (χ3v) is 3.82. The molecular formula is C19H12O2. The van der Waals surface area contributed by atoms with E-state index in [1.54, 1.807) is 0 Å². The molecule has 0 aliphatic heterocycles. The molecule has 0 amide bonds. The molecule has 0 fully saturated rings. The second-order valence-corrected chi connectivity index (χ2v) is 5.08. The van der Waals surface area contributed by atoms with Gasteiger partial charge in [-0.05, 0) is 44.5 Å². The molecule has 0 atom stereocenters. The Balaban J connectivity index is 2.08. The molecule has 4 aromatic carbocycles. The van der Waals surface area contributed by atoms with Crippen LogP contribution in [-0.2, 0) is 4.79 Å². The summed E-state index contributed by atoms with van der Waals surface area (Å²) in [6.07, 6.45) is 1.17. The Hall–Kier alpha value is -2.87. The lowest BCUT2D eigenvalue weighted by molar-refractivity contribution is -0.128. The van der Waals surface area contributed by atoms with E-state index in [0.29, 0.717) is 5.75 Å². The number of hydrogen-bond donors (Lipinski definition) is 0. The monoisotopic (exact) mass is 272 g/mol. The molecule has 0 saturated heterocycles. The highest BCUT2D eigenvalue weighted by Crippen LogP contribution is 2.36. The maximum atomic E-state index is 11.4. The fourth-order valence-corrected chi connectivity index (χ4v) is 2.94. The second-order valence-electron chi connectivity index (χ2n) is 5.08. The minimum absolute atomic E-state index is 0.442. The Bertz CT molecular complexity index is 935. The van der Waals surface area contributed by atoms with Crippen LogP contribution >= 0.6 is 0 Å². The average molecular weight is 272 g/mol. The van der Waals surface area contributed by atoms with E-state index in [4.69, 9.17) is 4.74 Å². The van der Waals surface area contributed by atoms with E-state index in [9.17, 15) is 4.79 Å². The summed E-state index contributed by atoms with van der Waals surface area (Å²) in [4.78, 5) is 11.4. The smallest absolute Gasteiger partial charge is 0.335 e. The van der Waals surface area contributed by atoms with Crippen LogP contribution in [-0.4, -0.2) is 5.97 Å². The van der Waals surface area contributed by atoms with Crippen LogP contribution in [0, 0.1) is 0 Å². The maximum absolute atomic E-state index is 11.4.